The Labute approximate surface area is 130 Å². The highest BCUT2D eigenvalue weighted by Gasteiger charge is 2.20. The van der Waals surface area contributed by atoms with Crippen molar-refractivity contribution in [1.29, 1.82) is 0 Å². The average Bonchev–Trinajstić information content (AvgIpc) is 3.00. The van der Waals surface area contributed by atoms with Gasteiger partial charge in [-0.2, -0.15) is 0 Å². The maximum Gasteiger partial charge on any atom is 0.340 e. The number of amides is 1. The van der Waals surface area contributed by atoms with Gasteiger partial charge in [-0.25, -0.2) is 9.18 Å². The molecule has 0 bridgehead atoms. The molecule has 2 rings (SSSR count). The van der Waals surface area contributed by atoms with Gasteiger partial charge in [0.15, 0.2) is 0 Å². The van der Waals surface area contributed by atoms with E-state index >= 15 is 0 Å². The Morgan fingerprint density at radius 2 is 2.09 bits per heavy atom. The average molecular weight is 323 g/mol. The largest absolute Gasteiger partial charge is 0.494 e. The molecule has 1 heterocycles. The summed E-state index contributed by atoms with van der Waals surface area (Å²) < 4.78 is 23.2. The van der Waals surface area contributed by atoms with Crippen molar-refractivity contribution in [3.8, 4) is 5.75 Å². The van der Waals surface area contributed by atoms with Crippen LogP contribution in [0.1, 0.15) is 15.2 Å². The van der Waals surface area contributed by atoms with Gasteiger partial charge in [0.1, 0.15) is 11.6 Å². The summed E-state index contributed by atoms with van der Waals surface area (Å²) in [7, 11) is 2.50. The quantitative estimate of drug-likeness (QED) is 0.859. The van der Waals surface area contributed by atoms with E-state index in [2.05, 4.69) is 10.1 Å². The predicted molar refractivity (Wildman–Crippen MR) is 80.9 cm³/mol. The second-order valence-electron chi connectivity index (χ2n) is 4.33. The van der Waals surface area contributed by atoms with Crippen LogP contribution in [0.25, 0.3) is 0 Å². The molecule has 7 heteroatoms. The third-order valence-electron chi connectivity index (χ3n) is 2.87. The Bertz CT molecular complexity index is 685. The summed E-state index contributed by atoms with van der Waals surface area (Å²) in [4.78, 5) is 24.7. The summed E-state index contributed by atoms with van der Waals surface area (Å²) in [6.07, 6.45) is 0.152. The SMILES string of the molecule is COC(=O)c1cc(F)cc(OC)c1NC(=O)Cc1cccs1. The maximum atomic E-state index is 13.5. The third kappa shape index (κ3) is 3.62. The molecular formula is C15H14FNO4S. The molecule has 116 valence electrons. The Morgan fingerprint density at radius 1 is 1.32 bits per heavy atom. The van der Waals surface area contributed by atoms with Gasteiger partial charge in [-0.15, -0.1) is 11.3 Å². The number of thiophene rings is 1. The van der Waals surface area contributed by atoms with Crippen LogP contribution in [0, 0.1) is 5.82 Å². The molecule has 0 aliphatic rings. The minimum absolute atomic E-state index is 0.0555. The number of methoxy groups -OCH3 is 2. The Hall–Kier alpha value is -2.41. The van der Waals surface area contributed by atoms with E-state index < -0.39 is 11.8 Å². The van der Waals surface area contributed by atoms with Crippen molar-refractivity contribution in [3.63, 3.8) is 0 Å². The van der Waals surface area contributed by atoms with E-state index in [1.807, 2.05) is 17.5 Å². The highest BCUT2D eigenvalue weighted by atomic mass is 32.1. The van der Waals surface area contributed by atoms with Gasteiger partial charge in [-0.3, -0.25) is 4.79 Å². The molecule has 0 fully saturated rings. The topological polar surface area (TPSA) is 64.6 Å². The molecule has 2 aromatic rings. The monoisotopic (exact) mass is 323 g/mol. The standard InChI is InChI=1S/C15H14FNO4S/c1-20-12-7-9(16)6-11(15(19)21-2)14(12)17-13(18)8-10-4-3-5-22-10/h3-7H,8H2,1-2H3,(H,17,18). The maximum absolute atomic E-state index is 13.5. The molecule has 0 aliphatic heterocycles. The lowest BCUT2D eigenvalue weighted by atomic mass is 10.1. The zero-order valence-electron chi connectivity index (χ0n) is 12.0. The molecule has 0 saturated heterocycles. The number of hydrogen-bond acceptors (Lipinski definition) is 5. The minimum atomic E-state index is -0.760. The third-order valence-corrected chi connectivity index (χ3v) is 3.75. The van der Waals surface area contributed by atoms with Crippen LogP contribution in [0.2, 0.25) is 0 Å². The first-order valence-corrected chi connectivity index (χ1v) is 7.21. The first kappa shape index (κ1) is 16.0. The molecule has 0 unspecified atom stereocenters. The molecule has 1 aromatic carbocycles. The number of benzene rings is 1. The van der Waals surface area contributed by atoms with Crippen molar-refractivity contribution in [2.24, 2.45) is 0 Å². The molecule has 1 aromatic heterocycles. The summed E-state index contributed by atoms with van der Waals surface area (Å²) in [5, 5.41) is 4.45. The molecule has 0 atom stereocenters. The number of hydrogen-bond donors (Lipinski definition) is 1. The summed E-state index contributed by atoms with van der Waals surface area (Å²) in [6, 6.07) is 5.75. The molecule has 1 N–H and O–H groups in total. The van der Waals surface area contributed by atoms with Crippen LogP contribution in [-0.2, 0) is 16.0 Å². The number of rotatable bonds is 5. The van der Waals surface area contributed by atoms with E-state index in [1.165, 1.54) is 25.6 Å². The number of ether oxygens (including phenoxy) is 2. The van der Waals surface area contributed by atoms with Crippen LogP contribution in [0.3, 0.4) is 0 Å². The number of halogens is 1. The van der Waals surface area contributed by atoms with Crippen LogP contribution in [0.4, 0.5) is 10.1 Å². The lowest BCUT2D eigenvalue weighted by Crippen LogP contribution is -2.18. The van der Waals surface area contributed by atoms with Crippen LogP contribution in [-0.4, -0.2) is 26.1 Å². The summed E-state index contributed by atoms with van der Waals surface area (Å²) in [5.74, 6) is -1.70. The summed E-state index contributed by atoms with van der Waals surface area (Å²) in [6.45, 7) is 0. The highest BCUT2D eigenvalue weighted by molar-refractivity contribution is 7.10. The lowest BCUT2D eigenvalue weighted by molar-refractivity contribution is -0.115. The number of esters is 1. The fourth-order valence-electron chi connectivity index (χ4n) is 1.90. The van der Waals surface area contributed by atoms with Crippen LogP contribution >= 0.6 is 11.3 Å². The number of carbonyl (C=O) groups is 2. The van der Waals surface area contributed by atoms with E-state index in [0.29, 0.717) is 0 Å². The smallest absolute Gasteiger partial charge is 0.340 e. The molecule has 5 nitrogen and oxygen atoms in total. The van der Waals surface area contributed by atoms with Gasteiger partial charge < -0.3 is 14.8 Å². The first-order chi connectivity index (χ1) is 10.5. The summed E-state index contributed by atoms with van der Waals surface area (Å²) in [5.41, 5.74) is -0.00353. The molecule has 0 aliphatic carbocycles. The van der Waals surface area contributed by atoms with Crippen molar-refractivity contribution < 1.29 is 23.5 Å². The van der Waals surface area contributed by atoms with E-state index in [9.17, 15) is 14.0 Å². The molecular weight excluding hydrogens is 309 g/mol. The molecule has 0 saturated carbocycles. The molecule has 1 amide bonds. The van der Waals surface area contributed by atoms with Gasteiger partial charge >= 0.3 is 5.97 Å². The van der Waals surface area contributed by atoms with Crippen molar-refractivity contribution in [3.05, 3.63) is 45.9 Å². The second-order valence-corrected chi connectivity index (χ2v) is 5.36. The number of nitrogens with one attached hydrogen (secondary N) is 1. The van der Waals surface area contributed by atoms with Gasteiger partial charge in [0, 0.05) is 10.9 Å². The summed E-state index contributed by atoms with van der Waals surface area (Å²) >= 11 is 1.45. The highest BCUT2D eigenvalue weighted by Crippen LogP contribution is 2.30. The first-order valence-electron chi connectivity index (χ1n) is 6.33. The Morgan fingerprint density at radius 3 is 2.68 bits per heavy atom. The molecule has 0 spiro atoms. The van der Waals surface area contributed by atoms with Gasteiger partial charge in [0.2, 0.25) is 5.91 Å². The molecule has 22 heavy (non-hydrogen) atoms. The van der Waals surface area contributed by atoms with E-state index in [4.69, 9.17) is 4.74 Å². The van der Waals surface area contributed by atoms with Gasteiger partial charge in [-0.05, 0) is 17.5 Å². The van der Waals surface area contributed by atoms with Crippen LogP contribution in [0.15, 0.2) is 29.6 Å². The van der Waals surface area contributed by atoms with Crippen LogP contribution in [0.5, 0.6) is 5.75 Å². The number of anilines is 1. The Kier molecular flexibility index (Phi) is 5.11. The lowest BCUT2D eigenvalue weighted by Gasteiger charge is -2.14. The van der Waals surface area contributed by atoms with Crippen LogP contribution < -0.4 is 10.1 Å². The van der Waals surface area contributed by atoms with Crippen molar-refractivity contribution >= 4 is 28.9 Å². The van der Waals surface area contributed by atoms with Gasteiger partial charge in [-0.1, -0.05) is 6.07 Å². The van der Waals surface area contributed by atoms with Crippen molar-refractivity contribution in [1.82, 2.24) is 0 Å². The normalized spacial score (nSPS) is 10.1. The Balaban J connectivity index is 2.31. The predicted octanol–water partition coefficient (Wildman–Crippen LogP) is 2.86. The fraction of sp³-hybridized carbons (Fsp3) is 0.200. The zero-order valence-corrected chi connectivity index (χ0v) is 12.8. The van der Waals surface area contributed by atoms with E-state index in [0.717, 1.165) is 17.0 Å². The fourth-order valence-corrected chi connectivity index (χ4v) is 2.60. The van der Waals surface area contributed by atoms with Crippen molar-refractivity contribution in [2.75, 3.05) is 19.5 Å². The van der Waals surface area contributed by atoms with Gasteiger partial charge in [0.05, 0.1) is 31.9 Å². The number of carbonyl (C=O) groups excluding carboxylic acids is 2. The van der Waals surface area contributed by atoms with Crippen molar-refractivity contribution in [2.45, 2.75) is 6.42 Å². The van der Waals surface area contributed by atoms with Gasteiger partial charge in [0.25, 0.3) is 0 Å². The second kappa shape index (κ2) is 7.04. The zero-order chi connectivity index (χ0) is 16.1. The van der Waals surface area contributed by atoms with E-state index in [1.54, 1.807) is 0 Å². The molecule has 0 radical (unpaired) electrons. The van der Waals surface area contributed by atoms with E-state index in [-0.39, 0.29) is 29.3 Å². The minimum Gasteiger partial charge on any atom is -0.494 e.